The highest BCUT2D eigenvalue weighted by Gasteiger charge is 2.42. The summed E-state index contributed by atoms with van der Waals surface area (Å²) in [6.07, 6.45) is 5.48. The fraction of sp³-hybridized carbons (Fsp3) is 0.647. The predicted octanol–water partition coefficient (Wildman–Crippen LogP) is 2.94. The number of aryl methyl sites for hydroxylation is 1. The molecule has 0 saturated carbocycles. The van der Waals surface area contributed by atoms with Crippen LogP contribution in [0, 0.1) is 6.92 Å². The molecule has 2 atom stereocenters. The summed E-state index contributed by atoms with van der Waals surface area (Å²) in [6.45, 7) is 3.07. The van der Waals surface area contributed by atoms with Crippen molar-refractivity contribution < 1.29 is 17.9 Å². The first-order chi connectivity index (χ1) is 11.4. The first kappa shape index (κ1) is 19.7. The lowest BCUT2D eigenvalue weighted by Crippen LogP contribution is -2.41. The summed E-state index contributed by atoms with van der Waals surface area (Å²) < 4.78 is 38.8. The van der Waals surface area contributed by atoms with E-state index in [0.717, 1.165) is 31.4 Å². The second-order valence-electron chi connectivity index (χ2n) is 6.13. The van der Waals surface area contributed by atoms with Crippen LogP contribution in [0.15, 0.2) is 29.2 Å². The van der Waals surface area contributed by atoms with Gasteiger partial charge in [-0.3, -0.25) is 0 Å². The van der Waals surface area contributed by atoms with Crippen LogP contribution in [-0.2, 0) is 19.5 Å². The number of rotatable bonds is 9. The van der Waals surface area contributed by atoms with Crippen LogP contribution in [0.4, 0.5) is 0 Å². The van der Waals surface area contributed by atoms with Gasteiger partial charge in [0.25, 0.3) is 0 Å². The fourth-order valence-corrected chi connectivity index (χ4v) is 5.14. The molecule has 7 heteroatoms. The first-order valence-corrected chi connectivity index (χ1v) is 11.0. The number of hydrogen-bond acceptors (Lipinski definition) is 5. The van der Waals surface area contributed by atoms with Crippen LogP contribution in [0.5, 0.6) is 0 Å². The van der Waals surface area contributed by atoms with Crippen molar-refractivity contribution in [3.63, 3.8) is 0 Å². The number of hydrogen-bond donors (Lipinski definition) is 1. The topological polar surface area (TPSA) is 64.6 Å². The van der Waals surface area contributed by atoms with E-state index >= 15 is 0 Å². The van der Waals surface area contributed by atoms with Gasteiger partial charge in [0.05, 0.1) is 4.90 Å². The maximum absolute atomic E-state index is 12.3. The van der Waals surface area contributed by atoms with Crippen molar-refractivity contribution in [2.45, 2.75) is 48.5 Å². The van der Waals surface area contributed by atoms with E-state index in [9.17, 15) is 8.42 Å². The standard InChI is InChI=1S/C17H27NO4S2/c1-14-6-8-15(9-7-14)24(19,20)18-12-4-10-17(11-5-13-22-17)16(21-2)23-3/h6-9,16,18H,4-5,10-13H2,1-3H3. The molecule has 1 fully saturated rings. The Morgan fingerprint density at radius 3 is 2.62 bits per heavy atom. The summed E-state index contributed by atoms with van der Waals surface area (Å²) in [5.74, 6) is 0. The molecule has 0 aromatic heterocycles. The third kappa shape index (κ3) is 4.73. The quantitative estimate of drug-likeness (QED) is 0.533. The van der Waals surface area contributed by atoms with Crippen LogP contribution in [-0.4, -0.2) is 46.0 Å². The van der Waals surface area contributed by atoms with Crippen molar-refractivity contribution in [3.8, 4) is 0 Å². The average molecular weight is 374 g/mol. The lowest BCUT2D eigenvalue weighted by molar-refractivity contribution is -0.0732. The molecule has 1 aromatic rings. The molecule has 136 valence electrons. The number of ether oxygens (including phenoxy) is 2. The van der Waals surface area contributed by atoms with E-state index in [1.165, 1.54) is 0 Å². The van der Waals surface area contributed by atoms with E-state index in [-0.39, 0.29) is 11.0 Å². The van der Waals surface area contributed by atoms with Crippen LogP contribution < -0.4 is 4.72 Å². The molecular weight excluding hydrogens is 346 g/mol. The van der Waals surface area contributed by atoms with Crippen molar-refractivity contribution in [3.05, 3.63) is 29.8 Å². The molecule has 2 rings (SSSR count). The third-order valence-electron chi connectivity index (χ3n) is 4.39. The number of benzene rings is 1. The summed E-state index contributed by atoms with van der Waals surface area (Å²) in [5.41, 5.74) is 0.717. The molecular formula is C17H27NO4S2. The molecule has 1 aromatic carbocycles. The maximum Gasteiger partial charge on any atom is 0.240 e. The van der Waals surface area contributed by atoms with Gasteiger partial charge in [0.1, 0.15) is 11.0 Å². The zero-order valence-electron chi connectivity index (χ0n) is 14.6. The minimum Gasteiger partial charge on any atom is -0.371 e. The Bertz CT molecular complexity index is 606. The largest absolute Gasteiger partial charge is 0.371 e. The monoisotopic (exact) mass is 373 g/mol. The highest BCUT2D eigenvalue weighted by molar-refractivity contribution is 7.99. The minimum absolute atomic E-state index is 0.0197. The molecule has 0 radical (unpaired) electrons. The molecule has 2 unspecified atom stereocenters. The maximum atomic E-state index is 12.3. The van der Waals surface area contributed by atoms with Crippen molar-refractivity contribution in [2.24, 2.45) is 0 Å². The second-order valence-corrected chi connectivity index (χ2v) is 8.80. The zero-order chi connectivity index (χ0) is 17.6. The molecule has 0 spiro atoms. The fourth-order valence-electron chi connectivity index (χ4n) is 3.14. The summed E-state index contributed by atoms with van der Waals surface area (Å²) in [4.78, 5) is 0.304. The van der Waals surface area contributed by atoms with E-state index < -0.39 is 10.0 Å². The highest BCUT2D eigenvalue weighted by atomic mass is 32.2. The van der Waals surface area contributed by atoms with Crippen molar-refractivity contribution in [1.29, 1.82) is 0 Å². The Labute approximate surface area is 149 Å². The highest BCUT2D eigenvalue weighted by Crippen LogP contribution is 2.38. The molecule has 0 aliphatic carbocycles. The van der Waals surface area contributed by atoms with Gasteiger partial charge in [0, 0.05) is 20.3 Å². The first-order valence-electron chi connectivity index (χ1n) is 8.19. The second kappa shape index (κ2) is 8.67. The van der Waals surface area contributed by atoms with Crippen molar-refractivity contribution >= 4 is 21.8 Å². The van der Waals surface area contributed by atoms with Gasteiger partial charge in [-0.15, -0.1) is 11.8 Å². The number of methoxy groups -OCH3 is 1. The van der Waals surface area contributed by atoms with Gasteiger partial charge in [0.15, 0.2) is 0 Å². The van der Waals surface area contributed by atoms with E-state index in [1.54, 1.807) is 43.1 Å². The smallest absolute Gasteiger partial charge is 0.240 e. The lowest BCUT2D eigenvalue weighted by atomic mass is 9.95. The third-order valence-corrected chi connectivity index (χ3v) is 6.92. The van der Waals surface area contributed by atoms with Crippen LogP contribution in [0.1, 0.15) is 31.2 Å². The van der Waals surface area contributed by atoms with Crippen molar-refractivity contribution in [2.75, 3.05) is 26.5 Å². The normalized spacial score (nSPS) is 22.6. The van der Waals surface area contributed by atoms with Gasteiger partial charge in [-0.05, 0) is 51.0 Å². The Morgan fingerprint density at radius 2 is 2.08 bits per heavy atom. The van der Waals surface area contributed by atoms with Crippen LogP contribution in [0.25, 0.3) is 0 Å². The molecule has 1 heterocycles. The predicted molar refractivity (Wildman–Crippen MR) is 97.8 cm³/mol. The van der Waals surface area contributed by atoms with E-state index in [2.05, 4.69) is 4.72 Å². The van der Waals surface area contributed by atoms with Gasteiger partial charge < -0.3 is 9.47 Å². The molecule has 0 amide bonds. The molecule has 24 heavy (non-hydrogen) atoms. The molecule has 1 aliphatic heterocycles. The molecule has 1 saturated heterocycles. The minimum atomic E-state index is -3.45. The summed E-state index contributed by atoms with van der Waals surface area (Å²) in [6, 6.07) is 6.87. The van der Waals surface area contributed by atoms with Crippen molar-refractivity contribution in [1.82, 2.24) is 4.72 Å². The van der Waals surface area contributed by atoms with Gasteiger partial charge >= 0.3 is 0 Å². The molecule has 1 aliphatic rings. The average Bonchev–Trinajstić information content (AvgIpc) is 3.03. The summed E-state index contributed by atoms with van der Waals surface area (Å²) in [7, 11) is -1.75. The van der Waals surface area contributed by atoms with E-state index in [1.807, 2.05) is 13.2 Å². The van der Waals surface area contributed by atoms with Gasteiger partial charge in [-0.1, -0.05) is 17.7 Å². The van der Waals surface area contributed by atoms with Gasteiger partial charge in [-0.2, -0.15) is 0 Å². The zero-order valence-corrected chi connectivity index (χ0v) is 16.2. The SMILES string of the molecule is COC(SC)C1(CCCNS(=O)(=O)c2ccc(C)cc2)CCCO1. The number of thioether (sulfide) groups is 1. The Kier molecular flexibility index (Phi) is 7.12. The van der Waals surface area contributed by atoms with Crippen LogP contribution in [0.2, 0.25) is 0 Å². The number of sulfonamides is 1. The molecule has 5 nitrogen and oxygen atoms in total. The molecule has 0 bridgehead atoms. The van der Waals surface area contributed by atoms with Crippen LogP contribution >= 0.6 is 11.8 Å². The van der Waals surface area contributed by atoms with E-state index in [0.29, 0.717) is 17.9 Å². The van der Waals surface area contributed by atoms with Gasteiger partial charge in [-0.25, -0.2) is 13.1 Å². The lowest BCUT2D eigenvalue weighted by Gasteiger charge is -2.34. The Morgan fingerprint density at radius 1 is 1.38 bits per heavy atom. The van der Waals surface area contributed by atoms with Gasteiger partial charge in [0.2, 0.25) is 10.0 Å². The number of nitrogens with one attached hydrogen (secondary N) is 1. The Hall–Kier alpha value is -0.600. The Balaban J connectivity index is 1.90. The summed E-state index contributed by atoms with van der Waals surface area (Å²) >= 11 is 1.64. The summed E-state index contributed by atoms with van der Waals surface area (Å²) in [5, 5.41) is 0. The molecule has 1 N–H and O–H groups in total. The van der Waals surface area contributed by atoms with E-state index in [4.69, 9.17) is 9.47 Å². The van der Waals surface area contributed by atoms with Crippen LogP contribution in [0.3, 0.4) is 0 Å².